The summed E-state index contributed by atoms with van der Waals surface area (Å²) in [4.78, 5) is 11.1. The molecule has 0 bridgehead atoms. The number of hydrogen-bond donors (Lipinski definition) is 0. The molecule has 0 heterocycles. The monoisotopic (exact) mass is 262 g/mol. The molecule has 0 aliphatic heterocycles. The fourth-order valence-corrected chi connectivity index (χ4v) is 1.42. The van der Waals surface area contributed by atoms with E-state index in [4.69, 9.17) is 9.47 Å². The second-order valence-electron chi connectivity index (χ2n) is 4.20. The molecule has 0 amide bonds. The predicted molar refractivity (Wildman–Crippen MR) is 71.9 cm³/mol. The van der Waals surface area contributed by atoms with Crippen molar-refractivity contribution in [3.8, 4) is 17.6 Å². The summed E-state index contributed by atoms with van der Waals surface area (Å²) in [5.41, 5.74) is 1.77. The number of carbonyl (C=O) groups excluding carboxylic acids is 1. The molecule has 0 N–H and O–H groups in total. The molecule has 0 aromatic heterocycles. The summed E-state index contributed by atoms with van der Waals surface area (Å²) in [6.45, 7) is 4.30. The standard InChI is InChI=1S/C15H18O4/c1-11(2)12-5-7-14(19-10-17-3)13(9-12)6-8-15(16)18-4/h5,7,9,11H,10H2,1-4H3. The average molecular weight is 262 g/mol. The number of esters is 1. The minimum Gasteiger partial charge on any atom is -0.466 e. The van der Waals surface area contributed by atoms with Crippen LogP contribution in [0.3, 0.4) is 0 Å². The Morgan fingerprint density at radius 1 is 1.32 bits per heavy atom. The average Bonchev–Trinajstić information content (AvgIpc) is 2.42. The molecule has 1 aromatic carbocycles. The molecule has 4 nitrogen and oxygen atoms in total. The molecule has 0 spiro atoms. The maximum atomic E-state index is 11.1. The van der Waals surface area contributed by atoms with Gasteiger partial charge >= 0.3 is 5.97 Å². The van der Waals surface area contributed by atoms with Gasteiger partial charge in [0.1, 0.15) is 5.75 Å². The second kappa shape index (κ2) is 7.45. The molecule has 0 fully saturated rings. The summed E-state index contributed by atoms with van der Waals surface area (Å²) in [5.74, 6) is 5.54. The first-order valence-corrected chi connectivity index (χ1v) is 5.94. The zero-order valence-electron chi connectivity index (χ0n) is 11.6. The van der Waals surface area contributed by atoms with Crippen LogP contribution in [0.4, 0.5) is 0 Å². The molecule has 0 radical (unpaired) electrons. The number of ether oxygens (including phenoxy) is 3. The van der Waals surface area contributed by atoms with Crippen LogP contribution in [0, 0.1) is 11.8 Å². The number of rotatable bonds is 4. The lowest BCUT2D eigenvalue weighted by atomic mass is 10.0. The fraction of sp³-hybridized carbons (Fsp3) is 0.400. The normalized spacial score (nSPS) is 9.74. The summed E-state index contributed by atoms with van der Waals surface area (Å²) in [5, 5.41) is 0. The Morgan fingerprint density at radius 2 is 2.05 bits per heavy atom. The Hall–Kier alpha value is -1.99. The van der Waals surface area contributed by atoms with Gasteiger partial charge < -0.3 is 14.2 Å². The topological polar surface area (TPSA) is 44.8 Å². The fourth-order valence-electron chi connectivity index (χ4n) is 1.42. The van der Waals surface area contributed by atoms with Crippen molar-refractivity contribution in [2.24, 2.45) is 0 Å². The van der Waals surface area contributed by atoms with Crippen LogP contribution < -0.4 is 4.74 Å². The molecule has 102 valence electrons. The first-order valence-electron chi connectivity index (χ1n) is 5.94. The van der Waals surface area contributed by atoms with Crippen LogP contribution in [0.15, 0.2) is 18.2 Å². The SMILES string of the molecule is COCOc1ccc(C(C)C)cc1C#CC(=O)OC. The van der Waals surface area contributed by atoms with E-state index in [2.05, 4.69) is 30.4 Å². The third kappa shape index (κ3) is 4.65. The minimum atomic E-state index is -0.576. The first-order chi connectivity index (χ1) is 9.08. The van der Waals surface area contributed by atoms with E-state index in [0.717, 1.165) is 5.56 Å². The quantitative estimate of drug-likeness (QED) is 0.474. The van der Waals surface area contributed by atoms with E-state index >= 15 is 0 Å². The van der Waals surface area contributed by atoms with Gasteiger partial charge in [0.25, 0.3) is 0 Å². The van der Waals surface area contributed by atoms with Gasteiger partial charge in [-0.15, -0.1) is 0 Å². The lowest BCUT2D eigenvalue weighted by Gasteiger charge is -2.10. The van der Waals surface area contributed by atoms with E-state index in [1.807, 2.05) is 18.2 Å². The molecular formula is C15H18O4. The molecule has 1 aromatic rings. The third-order valence-corrected chi connectivity index (χ3v) is 2.49. The van der Waals surface area contributed by atoms with Crippen LogP contribution in [-0.2, 0) is 14.3 Å². The van der Waals surface area contributed by atoms with Crippen molar-refractivity contribution in [3.05, 3.63) is 29.3 Å². The Bertz CT molecular complexity index is 495. The molecule has 0 aliphatic rings. The molecule has 0 saturated heterocycles. The van der Waals surface area contributed by atoms with Gasteiger partial charge in [-0.2, -0.15) is 0 Å². The summed E-state index contributed by atoms with van der Waals surface area (Å²) >= 11 is 0. The van der Waals surface area contributed by atoms with Crippen molar-refractivity contribution in [2.45, 2.75) is 19.8 Å². The maximum Gasteiger partial charge on any atom is 0.384 e. The molecule has 0 aliphatic carbocycles. The Kier molecular flexibility index (Phi) is 5.91. The van der Waals surface area contributed by atoms with Gasteiger partial charge in [-0.3, -0.25) is 0 Å². The molecule has 19 heavy (non-hydrogen) atoms. The van der Waals surface area contributed by atoms with E-state index in [9.17, 15) is 4.79 Å². The number of carbonyl (C=O) groups is 1. The van der Waals surface area contributed by atoms with Crippen molar-refractivity contribution < 1.29 is 19.0 Å². The van der Waals surface area contributed by atoms with E-state index in [1.54, 1.807) is 7.11 Å². The zero-order valence-corrected chi connectivity index (χ0v) is 11.6. The van der Waals surface area contributed by atoms with Gasteiger partial charge in [-0.25, -0.2) is 4.79 Å². The zero-order chi connectivity index (χ0) is 14.3. The lowest BCUT2D eigenvalue weighted by Crippen LogP contribution is -2.02. The summed E-state index contributed by atoms with van der Waals surface area (Å²) < 4.78 is 14.8. The summed E-state index contributed by atoms with van der Waals surface area (Å²) in [7, 11) is 2.84. The van der Waals surface area contributed by atoms with Gasteiger partial charge in [0.05, 0.1) is 12.7 Å². The predicted octanol–water partition coefficient (Wildman–Crippen LogP) is 2.32. The molecule has 1 rings (SSSR count). The number of methoxy groups -OCH3 is 2. The van der Waals surface area contributed by atoms with Gasteiger partial charge in [0.15, 0.2) is 6.79 Å². The molecule has 4 heteroatoms. The van der Waals surface area contributed by atoms with Crippen LogP contribution in [0.25, 0.3) is 0 Å². The van der Waals surface area contributed by atoms with E-state index in [1.165, 1.54) is 7.11 Å². The van der Waals surface area contributed by atoms with Crippen LogP contribution in [0.2, 0.25) is 0 Å². The van der Waals surface area contributed by atoms with Crippen LogP contribution >= 0.6 is 0 Å². The highest BCUT2D eigenvalue weighted by atomic mass is 16.7. The van der Waals surface area contributed by atoms with Gasteiger partial charge in [-0.05, 0) is 23.6 Å². The van der Waals surface area contributed by atoms with E-state index in [0.29, 0.717) is 17.2 Å². The van der Waals surface area contributed by atoms with Crippen LogP contribution in [0.5, 0.6) is 5.75 Å². The Morgan fingerprint density at radius 3 is 2.63 bits per heavy atom. The summed E-state index contributed by atoms with van der Waals surface area (Å²) in [6.07, 6.45) is 0. The first kappa shape index (κ1) is 15.1. The number of hydrogen-bond acceptors (Lipinski definition) is 4. The van der Waals surface area contributed by atoms with Crippen molar-refractivity contribution in [1.29, 1.82) is 0 Å². The molecular weight excluding hydrogens is 244 g/mol. The van der Waals surface area contributed by atoms with Crippen molar-refractivity contribution in [2.75, 3.05) is 21.0 Å². The highest BCUT2D eigenvalue weighted by Gasteiger charge is 2.06. The maximum absolute atomic E-state index is 11.1. The Labute approximate surface area is 113 Å². The van der Waals surface area contributed by atoms with E-state index in [-0.39, 0.29) is 6.79 Å². The highest BCUT2D eigenvalue weighted by Crippen LogP contribution is 2.23. The van der Waals surface area contributed by atoms with E-state index < -0.39 is 5.97 Å². The smallest absolute Gasteiger partial charge is 0.384 e. The lowest BCUT2D eigenvalue weighted by molar-refractivity contribution is -0.133. The largest absolute Gasteiger partial charge is 0.466 e. The number of benzene rings is 1. The minimum absolute atomic E-state index is 0.133. The van der Waals surface area contributed by atoms with Crippen molar-refractivity contribution in [1.82, 2.24) is 0 Å². The molecule has 0 saturated carbocycles. The van der Waals surface area contributed by atoms with Crippen molar-refractivity contribution in [3.63, 3.8) is 0 Å². The van der Waals surface area contributed by atoms with Gasteiger partial charge in [0, 0.05) is 13.0 Å². The van der Waals surface area contributed by atoms with Gasteiger partial charge in [0.2, 0.25) is 0 Å². The molecule has 0 unspecified atom stereocenters. The Balaban J connectivity index is 3.09. The van der Waals surface area contributed by atoms with Crippen LogP contribution in [-0.4, -0.2) is 27.0 Å². The van der Waals surface area contributed by atoms with Crippen molar-refractivity contribution >= 4 is 5.97 Å². The summed E-state index contributed by atoms with van der Waals surface area (Å²) in [6, 6.07) is 5.71. The third-order valence-electron chi connectivity index (χ3n) is 2.49. The van der Waals surface area contributed by atoms with Crippen LogP contribution in [0.1, 0.15) is 30.9 Å². The second-order valence-corrected chi connectivity index (χ2v) is 4.20. The molecule has 0 atom stereocenters. The highest BCUT2D eigenvalue weighted by molar-refractivity contribution is 5.89. The van der Waals surface area contributed by atoms with Gasteiger partial charge in [-0.1, -0.05) is 25.8 Å².